The summed E-state index contributed by atoms with van der Waals surface area (Å²) in [5.74, 6) is -1.72. The first-order valence-corrected chi connectivity index (χ1v) is 6.33. The van der Waals surface area contributed by atoms with E-state index in [1.165, 1.54) is 12.1 Å². The van der Waals surface area contributed by atoms with Gasteiger partial charge in [0, 0.05) is 5.69 Å². The molecule has 0 bridgehead atoms. The van der Waals surface area contributed by atoms with Gasteiger partial charge in [0.1, 0.15) is 17.9 Å². The second-order valence-corrected chi connectivity index (χ2v) is 4.93. The first-order valence-electron chi connectivity index (χ1n) is 6.33. The molecule has 0 saturated carbocycles. The third-order valence-electron chi connectivity index (χ3n) is 2.66. The summed E-state index contributed by atoms with van der Waals surface area (Å²) < 4.78 is 13.1. The van der Waals surface area contributed by atoms with Gasteiger partial charge in [0.25, 0.3) is 0 Å². The van der Waals surface area contributed by atoms with Crippen LogP contribution in [0.1, 0.15) is 25.8 Å². The molecule has 1 rings (SSSR count). The van der Waals surface area contributed by atoms with Crippen LogP contribution < -0.4 is 10.6 Å². The Hall–Kier alpha value is -2.62. The summed E-state index contributed by atoms with van der Waals surface area (Å²) in [6.45, 7) is 3.68. The molecule has 0 unspecified atom stereocenters. The monoisotopic (exact) mass is 293 g/mol. The Morgan fingerprint density at radius 3 is 2.62 bits per heavy atom. The lowest BCUT2D eigenvalue weighted by atomic mass is 10.0. The van der Waals surface area contributed by atoms with Crippen molar-refractivity contribution in [3.63, 3.8) is 0 Å². The Kier molecular flexibility index (Phi) is 5.67. The fraction of sp³-hybridized carbons (Fsp3) is 0.357. The smallest absolute Gasteiger partial charge is 0.326 e. The zero-order valence-electron chi connectivity index (χ0n) is 11.7. The highest BCUT2D eigenvalue weighted by Gasteiger charge is 2.21. The van der Waals surface area contributed by atoms with Gasteiger partial charge in [-0.05, 0) is 30.5 Å². The summed E-state index contributed by atoms with van der Waals surface area (Å²) in [6, 6.07) is 3.43. The summed E-state index contributed by atoms with van der Waals surface area (Å²) in [5.41, 5.74) is 0.00361. The molecule has 21 heavy (non-hydrogen) atoms. The Labute approximate surface area is 121 Å². The zero-order chi connectivity index (χ0) is 16.0. The number of nitrogens with one attached hydrogen (secondary N) is 2. The van der Waals surface area contributed by atoms with E-state index < -0.39 is 23.9 Å². The van der Waals surface area contributed by atoms with Crippen molar-refractivity contribution < 1.29 is 19.1 Å². The SMILES string of the molecule is CC(C)C[C@@H](NC(=O)Nc1ccc(F)c(C#N)c1)C(=O)O. The molecule has 0 saturated heterocycles. The van der Waals surface area contributed by atoms with Gasteiger partial charge in [-0.3, -0.25) is 0 Å². The second-order valence-electron chi connectivity index (χ2n) is 4.93. The molecule has 0 aliphatic rings. The Morgan fingerprint density at radius 1 is 1.43 bits per heavy atom. The molecule has 1 aromatic carbocycles. The number of carboxylic acid groups (broad SMARTS) is 1. The van der Waals surface area contributed by atoms with E-state index in [2.05, 4.69) is 10.6 Å². The number of carbonyl (C=O) groups excluding carboxylic acids is 1. The van der Waals surface area contributed by atoms with Gasteiger partial charge in [0.15, 0.2) is 0 Å². The van der Waals surface area contributed by atoms with Crippen molar-refractivity contribution in [3.05, 3.63) is 29.6 Å². The third-order valence-corrected chi connectivity index (χ3v) is 2.66. The number of hydrogen-bond donors (Lipinski definition) is 3. The molecule has 0 aliphatic carbocycles. The maximum Gasteiger partial charge on any atom is 0.326 e. The van der Waals surface area contributed by atoms with Crippen LogP contribution in [0.4, 0.5) is 14.9 Å². The second kappa shape index (κ2) is 7.24. The van der Waals surface area contributed by atoms with Crippen molar-refractivity contribution in [2.45, 2.75) is 26.3 Å². The van der Waals surface area contributed by atoms with Crippen LogP contribution in [-0.4, -0.2) is 23.1 Å². The number of urea groups is 1. The average Bonchev–Trinajstić information content (AvgIpc) is 2.39. The number of nitrogens with zero attached hydrogens (tertiary/aromatic N) is 1. The van der Waals surface area contributed by atoms with E-state index in [0.29, 0.717) is 0 Å². The normalized spacial score (nSPS) is 11.6. The third kappa shape index (κ3) is 5.10. The number of hydrogen-bond acceptors (Lipinski definition) is 3. The van der Waals surface area contributed by atoms with E-state index >= 15 is 0 Å². The predicted molar refractivity (Wildman–Crippen MR) is 74.1 cm³/mol. The molecule has 0 aliphatic heterocycles. The number of anilines is 1. The number of aliphatic carboxylic acids is 1. The number of carboxylic acids is 1. The minimum atomic E-state index is -1.13. The maximum atomic E-state index is 13.1. The summed E-state index contributed by atoms with van der Waals surface area (Å²) in [4.78, 5) is 22.8. The van der Waals surface area contributed by atoms with Gasteiger partial charge in [-0.1, -0.05) is 13.8 Å². The molecular formula is C14H16FN3O3. The van der Waals surface area contributed by atoms with Crippen molar-refractivity contribution >= 4 is 17.7 Å². The van der Waals surface area contributed by atoms with Crippen molar-refractivity contribution in [1.82, 2.24) is 5.32 Å². The van der Waals surface area contributed by atoms with Gasteiger partial charge < -0.3 is 15.7 Å². The summed E-state index contributed by atoms with van der Waals surface area (Å²) >= 11 is 0. The maximum absolute atomic E-state index is 13.1. The standard InChI is InChI=1S/C14H16FN3O3/c1-8(2)5-12(13(19)20)18-14(21)17-10-3-4-11(15)9(6-10)7-16/h3-4,6,8,12H,5H2,1-2H3,(H,19,20)(H2,17,18,21)/t12-/m1/s1. The minimum Gasteiger partial charge on any atom is -0.480 e. The number of amides is 2. The zero-order valence-corrected chi connectivity index (χ0v) is 11.7. The number of rotatable bonds is 5. The van der Waals surface area contributed by atoms with Crippen molar-refractivity contribution in [2.24, 2.45) is 5.92 Å². The molecule has 0 radical (unpaired) electrons. The van der Waals surface area contributed by atoms with Gasteiger partial charge in [-0.2, -0.15) is 5.26 Å². The highest BCUT2D eigenvalue weighted by atomic mass is 19.1. The predicted octanol–water partition coefficient (Wildman–Crippen LogP) is 2.32. The topological polar surface area (TPSA) is 102 Å². The van der Waals surface area contributed by atoms with E-state index in [1.54, 1.807) is 6.07 Å². The summed E-state index contributed by atoms with van der Waals surface area (Å²) in [7, 11) is 0. The number of halogens is 1. The molecule has 6 nitrogen and oxygen atoms in total. The van der Waals surface area contributed by atoms with Crippen LogP contribution in [-0.2, 0) is 4.79 Å². The van der Waals surface area contributed by atoms with Gasteiger partial charge in [-0.25, -0.2) is 14.0 Å². The van der Waals surface area contributed by atoms with Crippen LogP contribution >= 0.6 is 0 Å². The number of nitriles is 1. The molecule has 0 fully saturated rings. The largest absolute Gasteiger partial charge is 0.480 e. The minimum absolute atomic E-state index is 0.0995. The first kappa shape index (κ1) is 16.4. The molecule has 7 heteroatoms. The van der Waals surface area contributed by atoms with Crippen molar-refractivity contribution in [2.75, 3.05) is 5.32 Å². The molecule has 112 valence electrons. The lowest BCUT2D eigenvalue weighted by molar-refractivity contribution is -0.139. The molecule has 3 N–H and O–H groups in total. The quantitative estimate of drug-likeness (QED) is 0.775. The van der Waals surface area contributed by atoms with E-state index in [0.717, 1.165) is 6.07 Å². The Balaban J connectivity index is 2.72. The number of carbonyl (C=O) groups is 2. The molecule has 0 aromatic heterocycles. The van der Waals surface area contributed by atoms with Crippen molar-refractivity contribution in [1.29, 1.82) is 5.26 Å². The number of benzene rings is 1. The lowest BCUT2D eigenvalue weighted by Crippen LogP contribution is -2.43. The van der Waals surface area contributed by atoms with E-state index in [4.69, 9.17) is 10.4 Å². The molecule has 1 atom stereocenters. The highest BCUT2D eigenvalue weighted by Crippen LogP contribution is 2.14. The van der Waals surface area contributed by atoms with Crippen LogP contribution in [0.5, 0.6) is 0 Å². The summed E-state index contributed by atoms with van der Waals surface area (Å²) in [5, 5.41) is 22.4. The molecule has 0 heterocycles. The van der Waals surface area contributed by atoms with Gasteiger partial charge >= 0.3 is 12.0 Å². The molecule has 2 amide bonds. The van der Waals surface area contributed by atoms with Crippen LogP contribution in [0.25, 0.3) is 0 Å². The fourth-order valence-electron chi connectivity index (χ4n) is 1.71. The Bertz CT molecular complexity index is 581. The average molecular weight is 293 g/mol. The van der Waals surface area contributed by atoms with Crippen LogP contribution in [0.2, 0.25) is 0 Å². The van der Waals surface area contributed by atoms with Crippen LogP contribution in [0.3, 0.4) is 0 Å². The van der Waals surface area contributed by atoms with E-state index in [-0.39, 0.29) is 23.6 Å². The van der Waals surface area contributed by atoms with Crippen LogP contribution in [0, 0.1) is 23.1 Å². The van der Waals surface area contributed by atoms with Gasteiger partial charge in [-0.15, -0.1) is 0 Å². The molecule has 1 aromatic rings. The van der Waals surface area contributed by atoms with Crippen molar-refractivity contribution in [3.8, 4) is 6.07 Å². The Morgan fingerprint density at radius 2 is 2.10 bits per heavy atom. The van der Waals surface area contributed by atoms with Gasteiger partial charge in [0.2, 0.25) is 0 Å². The van der Waals surface area contributed by atoms with E-state index in [1.807, 2.05) is 13.8 Å². The summed E-state index contributed by atoms with van der Waals surface area (Å²) in [6.07, 6.45) is 0.287. The first-order chi connectivity index (χ1) is 9.83. The fourth-order valence-corrected chi connectivity index (χ4v) is 1.71. The molecular weight excluding hydrogens is 277 g/mol. The van der Waals surface area contributed by atoms with E-state index in [9.17, 15) is 14.0 Å². The van der Waals surface area contributed by atoms with Crippen LogP contribution in [0.15, 0.2) is 18.2 Å². The highest BCUT2D eigenvalue weighted by molar-refractivity contribution is 5.92. The molecule has 0 spiro atoms. The lowest BCUT2D eigenvalue weighted by Gasteiger charge is -2.17. The van der Waals surface area contributed by atoms with Gasteiger partial charge in [0.05, 0.1) is 5.56 Å².